The minimum atomic E-state index is -4.09. The quantitative estimate of drug-likeness (QED) is 0.352. The number of sulfonamides is 1. The normalized spacial score (nSPS) is 11.2. The maximum Gasteiger partial charge on any atom is 0.270 e. The van der Waals surface area contributed by atoms with E-state index in [1.165, 1.54) is 12.1 Å². The van der Waals surface area contributed by atoms with Gasteiger partial charge in [0, 0.05) is 11.4 Å². The number of aryl methyl sites for hydroxylation is 1. The molecule has 3 aromatic rings. The van der Waals surface area contributed by atoms with E-state index in [1.807, 2.05) is 13.0 Å². The highest BCUT2D eigenvalue weighted by molar-refractivity contribution is 7.93. The second-order valence-electron chi connectivity index (χ2n) is 7.22. The van der Waals surface area contributed by atoms with Crippen LogP contribution in [0.1, 0.15) is 24.0 Å². The van der Waals surface area contributed by atoms with E-state index in [1.54, 1.807) is 55.5 Å². The van der Waals surface area contributed by atoms with Gasteiger partial charge in [0.05, 0.1) is 22.2 Å². The van der Waals surface area contributed by atoms with Gasteiger partial charge in [0.2, 0.25) is 5.91 Å². The monoisotopic (exact) mass is 491 g/mol. The molecule has 0 spiro atoms. The third-order valence-electron chi connectivity index (χ3n) is 4.99. The predicted octanol–water partition coefficient (Wildman–Crippen LogP) is 6.19. The number of hydrogen-bond acceptors (Lipinski definition) is 4. The number of anilines is 1. The number of halogens is 2. The van der Waals surface area contributed by atoms with E-state index in [0.29, 0.717) is 27.9 Å². The first kappa shape index (κ1) is 24.1. The minimum absolute atomic E-state index is 0.0232. The number of carbonyl (C=O) groups excluding carboxylic acids is 1. The average molecular weight is 492 g/mol. The lowest BCUT2D eigenvalue weighted by Crippen LogP contribution is -2.37. The van der Waals surface area contributed by atoms with E-state index in [9.17, 15) is 13.2 Å². The topological polar surface area (TPSA) is 63.7 Å². The van der Waals surface area contributed by atoms with Crippen LogP contribution in [0, 0.1) is 13.8 Å². The van der Waals surface area contributed by atoms with E-state index >= 15 is 0 Å². The molecular formula is C24H23Cl2NO4S. The second-order valence-corrected chi connectivity index (χ2v) is 9.85. The van der Waals surface area contributed by atoms with Gasteiger partial charge in [0.25, 0.3) is 10.0 Å². The maximum absolute atomic E-state index is 13.4. The molecule has 0 saturated heterocycles. The van der Waals surface area contributed by atoms with Crippen LogP contribution in [0.15, 0.2) is 71.6 Å². The Hall–Kier alpha value is -2.54. The Labute approximate surface area is 198 Å². The number of carbonyl (C=O) groups is 1. The molecular weight excluding hydrogens is 469 g/mol. The molecule has 5 nitrogen and oxygen atoms in total. The third-order valence-corrected chi connectivity index (χ3v) is 7.27. The Morgan fingerprint density at radius 3 is 2.38 bits per heavy atom. The molecule has 0 atom stereocenters. The molecule has 3 aromatic carbocycles. The number of ether oxygens (including phenoxy) is 1. The molecule has 32 heavy (non-hydrogen) atoms. The Balaban J connectivity index is 1.82. The van der Waals surface area contributed by atoms with Crippen LogP contribution in [0.2, 0.25) is 10.0 Å². The molecule has 0 fully saturated rings. The Kier molecular flexibility index (Phi) is 7.82. The SMILES string of the molecule is Cc1cccc(N(C(=O)CCCOc2ccc(Cl)cc2Cl)S(=O)(=O)c2ccccc2)c1C. The first-order valence-electron chi connectivity index (χ1n) is 9.99. The fourth-order valence-corrected chi connectivity index (χ4v) is 5.14. The van der Waals surface area contributed by atoms with Crippen molar-refractivity contribution in [1.29, 1.82) is 0 Å². The summed E-state index contributed by atoms with van der Waals surface area (Å²) in [6.07, 6.45) is 0.286. The minimum Gasteiger partial charge on any atom is -0.492 e. The zero-order chi connectivity index (χ0) is 23.3. The number of rotatable bonds is 8. The molecule has 168 valence electrons. The lowest BCUT2D eigenvalue weighted by atomic mass is 10.1. The maximum atomic E-state index is 13.4. The van der Waals surface area contributed by atoms with Gasteiger partial charge in [-0.15, -0.1) is 0 Å². The molecule has 8 heteroatoms. The molecule has 0 saturated carbocycles. The summed E-state index contributed by atoms with van der Waals surface area (Å²) >= 11 is 12.0. The summed E-state index contributed by atoms with van der Waals surface area (Å²) in [4.78, 5) is 13.3. The van der Waals surface area contributed by atoms with Crippen LogP contribution >= 0.6 is 23.2 Å². The van der Waals surface area contributed by atoms with Crippen molar-refractivity contribution < 1.29 is 17.9 Å². The van der Waals surface area contributed by atoms with E-state index in [2.05, 4.69) is 0 Å². The van der Waals surface area contributed by atoms with Gasteiger partial charge in [0.15, 0.2) is 0 Å². The van der Waals surface area contributed by atoms with E-state index < -0.39 is 15.9 Å². The Bertz CT molecular complexity index is 1210. The number of nitrogens with zero attached hydrogens (tertiary/aromatic N) is 1. The average Bonchev–Trinajstić information content (AvgIpc) is 2.76. The van der Waals surface area contributed by atoms with Crippen LogP contribution in [-0.2, 0) is 14.8 Å². The molecule has 0 heterocycles. The largest absolute Gasteiger partial charge is 0.492 e. The van der Waals surface area contributed by atoms with Gasteiger partial charge in [-0.25, -0.2) is 12.7 Å². The molecule has 1 amide bonds. The van der Waals surface area contributed by atoms with Crippen molar-refractivity contribution in [2.24, 2.45) is 0 Å². The highest BCUT2D eigenvalue weighted by Crippen LogP contribution is 2.30. The van der Waals surface area contributed by atoms with Gasteiger partial charge in [-0.2, -0.15) is 0 Å². The molecule has 0 aliphatic heterocycles. The highest BCUT2D eigenvalue weighted by atomic mass is 35.5. The van der Waals surface area contributed by atoms with Crippen molar-refractivity contribution in [3.05, 3.63) is 87.9 Å². The summed E-state index contributed by atoms with van der Waals surface area (Å²) in [5.74, 6) is -0.0832. The zero-order valence-electron chi connectivity index (χ0n) is 17.7. The van der Waals surface area contributed by atoms with Crippen LogP contribution in [0.5, 0.6) is 5.75 Å². The third kappa shape index (κ3) is 5.44. The van der Waals surface area contributed by atoms with Crippen LogP contribution < -0.4 is 9.04 Å². The molecule has 0 aromatic heterocycles. The Morgan fingerprint density at radius 1 is 0.969 bits per heavy atom. The van der Waals surface area contributed by atoms with Crippen LogP contribution in [0.4, 0.5) is 5.69 Å². The van der Waals surface area contributed by atoms with Crippen molar-refractivity contribution in [3.63, 3.8) is 0 Å². The lowest BCUT2D eigenvalue weighted by molar-refractivity contribution is -0.117. The van der Waals surface area contributed by atoms with Crippen molar-refractivity contribution in [1.82, 2.24) is 0 Å². The van der Waals surface area contributed by atoms with Crippen LogP contribution in [0.25, 0.3) is 0 Å². The van der Waals surface area contributed by atoms with Crippen molar-refractivity contribution in [3.8, 4) is 5.75 Å². The predicted molar refractivity (Wildman–Crippen MR) is 128 cm³/mol. The van der Waals surface area contributed by atoms with Crippen molar-refractivity contribution in [2.45, 2.75) is 31.6 Å². The molecule has 0 bridgehead atoms. The van der Waals surface area contributed by atoms with Crippen LogP contribution in [0.3, 0.4) is 0 Å². The summed E-state index contributed by atoms with van der Waals surface area (Å²) in [6.45, 7) is 3.87. The lowest BCUT2D eigenvalue weighted by Gasteiger charge is -2.25. The van der Waals surface area contributed by atoms with Gasteiger partial charge in [0.1, 0.15) is 5.75 Å². The standard InChI is InChI=1S/C24H23Cl2NO4S/c1-17-8-6-11-22(18(17)2)27(32(29,30)20-9-4-3-5-10-20)24(28)12-7-15-31-23-14-13-19(25)16-21(23)26/h3-6,8-11,13-14,16H,7,12,15H2,1-2H3. The van der Waals surface area contributed by atoms with Gasteiger partial charge in [-0.1, -0.05) is 53.5 Å². The first-order valence-corrected chi connectivity index (χ1v) is 12.2. The number of amides is 1. The summed E-state index contributed by atoms with van der Waals surface area (Å²) in [5, 5.41) is 0.861. The summed E-state index contributed by atoms with van der Waals surface area (Å²) in [7, 11) is -4.09. The van der Waals surface area contributed by atoms with Gasteiger partial charge in [-0.3, -0.25) is 4.79 Å². The molecule has 0 aliphatic carbocycles. The fraction of sp³-hybridized carbons (Fsp3) is 0.208. The number of hydrogen-bond donors (Lipinski definition) is 0. The smallest absolute Gasteiger partial charge is 0.270 e. The summed E-state index contributed by atoms with van der Waals surface area (Å²) < 4.78 is 33.4. The molecule has 0 aliphatic rings. The Morgan fingerprint density at radius 2 is 1.69 bits per heavy atom. The van der Waals surface area contributed by atoms with E-state index in [0.717, 1.165) is 15.4 Å². The first-order chi connectivity index (χ1) is 15.2. The summed E-state index contributed by atoms with van der Waals surface area (Å²) in [5.41, 5.74) is 1.97. The highest BCUT2D eigenvalue weighted by Gasteiger charge is 2.31. The van der Waals surface area contributed by atoms with Crippen molar-refractivity contribution >= 4 is 44.8 Å². The fourth-order valence-electron chi connectivity index (χ4n) is 3.15. The molecule has 3 rings (SSSR count). The van der Waals surface area contributed by atoms with Gasteiger partial charge >= 0.3 is 0 Å². The molecule has 0 unspecified atom stereocenters. The van der Waals surface area contributed by atoms with Gasteiger partial charge in [-0.05, 0) is 67.8 Å². The van der Waals surface area contributed by atoms with E-state index in [4.69, 9.17) is 27.9 Å². The zero-order valence-corrected chi connectivity index (χ0v) is 20.0. The summed E-state index contributed by atoms with van der Waals surface area (Å²) in [6, 6.07) is 18.1. The number of benzene rings is 3. The van der Waals surface area contributed by atoms with E-state index in [-0.39, 0.29) is 17.9 Å². The van der Waals surface area contributed by atoms with Crippen molar-refractivity contribution in [2.75, 3.05) is 10.9 Å². The molecule has 0 radical (unpaired) electrons. The molecule has 0 N–H and O–H groups in total. The van der Waals surface area contributed by atoms with Gasteiger partial charge < -0.3 is 4.74 Å². The second kappa shape index (κ2) is 10.4. The van der Waals surface area contributed by atoms with Crippen LogP contribution in [-0.4, -0.2) is 20.9 Å².